The quantitative estimate of drug-likeness (QED) is 0.799. The lowest BCUT2D eigenvalue weighted by Gasteiger charge is -1.93. The van der Waals surface area contributed by atoms with E-state index in [4.69, 9.17) is 16.1 Å². The van der Waals surface area contributed by atoms with E-state index in [9.17, 15) is 0 Å². The van der Waals surface area contributed by atoms with Crippen LogP contribution in [-0.2, 0) is 13.0 Å². The van der Waals surface area contributed by atoms with Gasteiger partial charge in [0, 0.05) is 12.6 Å². The fourth-order valence-corrected chi connectivity index (χ4v) is 1.40. The van der Waals surface area contributed by atoms with Crippen molar-refractivity contribution in [1.29, 1.82) is 0 Å². The molecule has 0 atom stereocenters. The van der Waals surface area contributed by atoms with E-state index in [0.29, 0.717) is 23.3 Å². The molecule has 2 aromatic heterocycles. The van der Waals surface area contributed by atoms with Crippen molar-refractivity contribution in [3.8, 4) is 0 Å². The zero-order chi connectivity index (χ0) is 10.7. The van der Waals surface area contributed by atoms with E-state index in [2.05, 4.69) is 22.2 Å². The third-order valence-corrected chi connectivity index (χ3v) is 2.07. The van der Waals surface area contributed by atoms with Crippen LogP contribution < -0.4 is 0 Å². The Labute approximate surface area is 92.0 Å². The number of hydrogen-bond donors (Lipinski definition) is 0. The normalized spacial score (nSPS) is 10.8. The summed E-state index contributed by atoms with van der Waals surface area (Å²) >= 11 is 5.73. The molecule has 0 aromatic carbocycles. The van der Waals surface area contributed by atoms with Gasteiger partial charge in [0.25, 0.3) is 0 Å². The van der Waals surface area contributed by atoms with E-state index in [1.807, 2.05) is 0 Å². The minimum atomic E-state index is 0.486. The second kappa shape index (κ2) is 4.44. The van der Waals surface area contributed by atoms with Crippen LogP contribution in [0.1, 0.15) is 25.1 Å². The van der Waals surface area contributed by atoms with Crippen LogP contribution in [-0.4, -0.2) is 19.9 Å². The summed E-state index contributed by atoms with van der Waals surface area (Å²) in [5.41, 5.74) is 0. The molecule has 0 fully saturated rings. The highest BCUT2D eigenvalue weighted by Gasteiger charge is 2.06. The maximum atomic E-state index is 5.73. The third-order valence-electron chi connectivity index (χ3n) is 1.88. The molecule has 0 radical (unpaired) electrons. The SMILES string of the molecule is CCCc1nc(Cn2cc(Cl)cn2)no1. The molecule has 0 N–H and O–H groups in total. The zero-order valence-electron chi connectivity index (χ0n) is 8.35. The van der Waals surface area contributed by atoms with Gasteiger partial charge in [-0.15, -0.1) is 0 Å². The fourth-order valence-electron chi connectivity index (χ4n) is 1.24. The predicted octanol–water partition coefficient (Wildman–Crippen LogP) is 1.92. The highest BCUT2D eigenvalue weighted by molar-refractivity contribution is 6.30. The molecule has 0 aliphatic heterocycles. The Morgan fingerprint density at radius 2 is 2.40 bits per heavy atom. The van der Waals surface area contributed by atoms with Gasteiger partial charge in [0.15, 0.2) is 5.82 Å². The molecule has 2 heterocycles. The Bertz CT molecular complexity index is 437. The summed E-state index contributed by atoms with van der Waals surface area (Å²) in [7, 11) is 0. The van der Waals surface area contributed by atoms with E-state index in [-0.39, 0.29) is 0 Å². The molecule has 0 aliphatic rings. The molecule has 0 bridgehead atoms. The largest absolute Gasteiger partial charge is 0.339 e. The van der Waals surface area contributed by atoms with Gasteiger partial charge in [0.2, 0.25) is 5.89 Å². The van der Waals surface area contributed by atoms with Crippen LogP contribution in [0.25, 0.3) is 0 Å². The Morgan fingerprint density at radius 3 is 3.07 bits per heavy atom. The summed E-state index contributed by atoms with van der Waals surface area (Å²) in [4.78, 5) is 4.22. The molecule has 0 unspecified atom stereocenters. The van der Waals surface area contributed by atoms with E-state index in [1.54, 1.807) is 17.1 Å². The molecule has 0 saturated heterocycles. The number of aromatic nitrogens is 4. The molecule has 6 heteroatoms. The van der Waals surface area contributed by atoms with Crippen LogP contribution in [0.5, 0.6) is 0 Å². The monoisotopic (exact) mass is 226 g/mol. The topological polar surface area (TPSA) is 56.7 Å². The summed E-state index contributed by atoms with van der Waals surface area (Å²) in [5, 5.41) is 8.48. The van der Waals surface area contributed by atoms with Crippen LogP contribution in [0, 0.1) is 0 Å². The van der Waals surface area contributed by atoms with Gasteiger partial charge in [-0.2, -0.15) is 10.1 Å². The van der Waals surface area contributed by atoms with Crippen LogP contribution in [0.3, 0.4) is 0 Å². The molecule has 5 nitrogen and oxygen atoms in total. The van der Waals surface area contributed by atoms with E-state index < -0.39 is 0 Å². The lowest BCUT2D eigenvalue weighted by atomic mass is 10.3. The van der Waals surface area contributed by atoms with Crippen molar-refractivity contribution in [3.05, 3.63) is 29.1 Å². The van der Waals surface area contributed by atoms with Gasteiger partial charge in [0.05, 0.1) is 11.2 Å². The Hall–Kier alpha value is -1.36. The molecule has 2 aromatic rings. The van der Waals surface area contributed by atoms with Crippen LogP contribution >= 0.6 is 11.6 Å². The lowest BCUT2D eigenvalue weighted by molar-refractivity contribution is 0.370. The van der Waals surface area contributed by atoms with Crippen molar-refractivity contribution < 1.29 is 4.52 Å². The first-order chi connectivity index (χ1) is 7.28. The van der Waals surface area contributed by atoms with Gasteiger partial charge in [-0.05, 0) is 6.42 Å². The molecule has 0 saturated carbocycles. The van der Waals surface area contributed by atoms with E-state index >= 15 is 0 Å². The van der Waals surface area contributed by atoms with E-state index in [1.165, 1.54) is 0 Å². The number of hydrogen-bond acceptors (Lipinski definition) is 4. The van der Waals surface area contributed by atoms with Crippen molar-refractivity contribution in [1.82, 2.24) is 19.9 Å². The standard InChI is InChI=1S/C9H11ClN4O/c1-2-3-9-12-8(13-15-9)6-14-5-7(10)4-11-14/h4-5H,2-3,6H2,1H3. The van der Waals surface area contributed by atoms with Gasteiger partial charge >= 0.3 is 0 Å². The van der Waals surface area contributed by atoms with E-state index in [0.717, 1.165) is 12.8 Å². The van der Waals surface area contributed by atoms with Crippen molar-refractivity contribution in [3.63, 3.8) is 0 Å². The predicted molar refractivity (Wildman–Crippen MR) is 54.6 cm³/mol. The Balaban J connectivity index is 2.04. The highest BCUT2D eigenvalue weighted by atomic mass is 35.5. The summed E-state index contributed by atoms with van der Waals surface area (Å²) in [5.74, 6) is 1.30. The first-order valence-corrected chi connectivity index (χ1v) is 5.15. The number of nitrogens with zero attached hydrogens (tertiary/aromatic N) is 4. The molecule has 0 amide bonds. The summed E-state index contributed by atoms with van der Waals surface area (Å²) in [6.07, 6.45) is 5.11. The number of rotatable bonds is 4. The fraction of sp³-hybridized carbons (Fsp3) is 0.444. The number of aryl methyl sites for hydroxylation is 1. The smallest absolute Gasteiger partial charge is 0.226 e. The second-order valence-electron chi connectivity index (χ2n) is 3.21. The molecule has 0 aliphatic carbocycles. The molecular formula is C9H11ClN4O. The minimum Gasteiger partial charge on any atom is -0.339 e. The van der Waals surface area contributed by atoms with Gasteiger partial charge in [-0.1, -0.05) is 23.7 Å². The first-order valence-electron chi connectivity index (χ1n) is 4.77. The molecule has 2 rings (SSSR count). The summed E-state index contributed by atoms with van der Waals surface area (Å²) in [6, 6.07) is 0. The lowest BCUT2D eigenvalue weighted by Crippen LogP contribution is -2.01. The van der Waals surface area contributed by atoms with Crippen LogP contribution in [0.15, 0.2) is 16.9 Å². The molecule has 0 spiro atoms. The Morgan fingerprint density at radius 1 is 1.53 bits per heavy atom. The van der Waals surface area contributed by atoms with Crippen molar-refractivity contribution in [2.24, 2.45) is 0 Å². The zero-order valence-corrected chi connectivity index (χ0v) is 9.11. The molecular weight excluding hydrogens is 216 g/mol. The minimum absolute atomic E-state index is 0.486. The average molecular weight is 227 g/mol. The average Bonchev–Trinajstić information content (AvgIpc) is 2.78. The number of halogens is 1. The molecule has 80 valence electrons. The van der Waals surface area contributed by atoms with Crippen LogP contribution in [0.2, 0.25) is 5.02 Å². The third kappa shape index (κ3) is 2.56. The summed E-state index contributed by atoms with van der Waals surface area (Å²) in [6.45, 7) is 2.55. The maximum Gasteiger partial charge on any atom is 0.226 e. The summed E-state index contributed by atoms with van der Waals surface area (Å²) < 4.78 is 6.72. The van der Waals surface area contributed by atoms with Crippen molar-refractivity contribution >= 4 is 11.6 Å². The van der Waals surface area contributed by atoms with Gasteiger partial charge in [-0.25, -0.2) is 0 Å². The van der Waals surface area contributed by atoms with Gasteiger partial charge < -0.3 is 4.52 Å². The second-order valence-corrected chi connectivity index (χ2v) is 3.65. The van der Waals surface area contributed by atoms with Gasteiger partial charge in [-0.3, -0.25) is 4.68 Å². The van der Waals surface area contributed by atoms with Crippen molar-refractivity contribution in [2.75, 3.05) is 0 Å². The van der Waals surface area contributed by atoms with Crippen LogP contribution in [0.4, 0.5) is 0 Å². The highest BCUT2D eigenvalue weighted by Crippen LogP contribution is 2.07. The first kappa shape index (κ1) is 10.2. The Kier molecular flexibility index (Phi) is 3.01. The van der Waals surface area contributed by atoms with Gasteiger partial charge in [0.1, 0.15) is 6.54 Å². The maximum absolute atomic E-state index is 5.73. The van der Waals surface area contributed by atoms with Crippen molar-refractivity contribution in [2.45, 2.75) is 26.3 Å². The molecule has 15 heavy (non-hydrogen) atoms.